The number of methoxy groups -OCH3 is 1. The van der Waals surface area contributed by atoms with Crippen LogP contribution in [0.4, 0.5) is 0 Å². The third kappa shape index (κ3) is 3.89. The summed E-state index contributed by atoms with van der Waals surface area (Å²) in [6.07, 6.45) is 3.19. The molecule has 2 aromatic heterocycles. The number of amides is 1. The molecule has 0 aromatic carbocycles. The molecule has 0 atom stereocenters. The Hall–Kier alpha value is -2.74. The molecule has 2 aromatic rings. The molecule has 0 aliphatic rings. The van der Waals surface area contributed by atoms with Gasteiger partial charge in [0.25, 0.3) is 5.91 Å². The molecule has 0 spiro atoms. The largest absolute Gasteiger partial charge is 0.480 e. The van der Waals surface area contributed by atoms with Crippen molar-refractivity contribution in [3.05, 3.63) is 36.3 Å². The molecule has 2 heterocycles. The minimum Gasteiger partial charge on any atom is -0.480 e. The van der Waals surface area contributed by atoms with Crippen molar-refractivity contribution < 1.29 is 24.0 Å². The van der Waals surface area contributed by atoms with Crippen molar-refractivity contribution in [1.82, 2.24) is 15.0 Å². The summed E-state index contributed by atoms with van der Waals surface area (Å²) in [5.41, 5.74) is 0.715. The van der Waals surface area contributed by atoms with E-state index < -0.39 is 18.4 Å². The van der Waals surface area contributed by atoms with Crippen LogP contribution in [0.3, 0.4) is 0 Å². The molecule has 8 heteroatoms. The van der Waals surface area contributed by atoms with E-state index in [1.54, 1.807) is 24.5 Å². The van der Waals surface area contributed by atoms with Crippen LogP contribution >= 0.6 is 0 Å². The minimum atomic E-state index is -1.11. The van der Waals surface area contributed by atoms with Crippen LogP contribution in [0.5, 0.6) is 0 Å². The maximum absolute atomic E-state index is 12.3. The Labute approximate surface area is 126 Å². The van der Waals surface area contributed by atoms with E-state index in [1.165, 1.54) is 13.2 Å². The van der Waals surface area contributed by atoms with Gasteiger partial charge in [-0.1, -0.05) is 5.16 Å². The fourth-order valence-electron chi connectivity index (χ4n) is 1.80. The second-order valence-electron chi connectivity index (χ2n) is 4.43. The zero-order valence-corrected chi connectivity index (χ0v) is 11.9. The van der Waals surface area contributed by atoms with Gasteiger partial charge in [-0.2, -0.15) is 0 Å². The summed E-state index contributed by atoms with van der Waals surface area (Å²) < 4.78 is 9.99. The van der Waals surface area contributed by atoms with Crippen molar-refractivity contribution in [3.63, 3.8) is 0 Å². The van der Waals surface area contributed by atoms with Gasteiger partial charge in [0.2, 0.25) is 0 Å². The lowest BCUT2D eigenvalue weighted by Crippen LogP contribution is -2.38. The Balaban J connectivity index is 2.16. The molecule has 0 saturated heterocycles. The second-order valence-corrected chi connectivity index (χ2v) is 4.43. The normalized spacial score (nSPS) is 10.4. The average Bonchev–Trinajstić information content (AvgIpc) is 3.01. The fraction of sp³-hybridized carbons (Fsp3) is 0.286. The number of carboxylic acid groups (broad SMARTS) is 1. The van der Waals surface area contributed by atoms with E-state index in [0.717, 1.165) is 4.90 Å². The maximum Gasteiger partial charge on any atom is 0.323 e. The summed E-state index contributed by atoms with van der Waals surface area (Å²) in [6.45, 7) is -0.0552. The average molecular weight is 305 g/mol. The molecule has 0 unspecified atom stereocenters. The lowest BCUT2D eigenvalue weighted by molar-refractivity contribution is -0.137. The third-order valence-corrected chi connectivity index (χ3v) is 2.85. The number of pyridine rings is 1. The first-order valence-corrected chi connectivity index (χ1v) is 6.49. The zero-order valence-electron chi connectivity index (χ0n) is 11.9. The number of carbonyl (C=O) groups excluding carboxylic acids is 1. The molecule has 1 N–H and O–H groups in total. The van der Waals surface area contributed by atoms with E-state index in [9.17, 15) is 9.59 Å². The van der Waals surface area contributed by atoms with E-state index >= 15 is 0 Å². The first-order chi connectivity index (χ1) is 10.6. The van der Waals surface area contributed by atoms with E-state index in [-0.39, 0.29) is 18.8 Å². The van der Waals surface area contributed by atoms with Gasteiger partial charge in [0, 0.05) is 37.7 Å². The molecule has 0 bridgehead atoms. The van der Waals surface area contributed by atoms with Crippen LogP contribution in [0.2, 0.25) is 0 Å². The van der Waals surface area contributed by atoms with Crippen LogP contribution in [-0.2, 0) is 9.53 Å². The topological polar surface area (TPSA) is 106 Å². The standard InChI is InChI=1S/C14H15N3O5/c1-21-6-5-17(9-13(18)19)14(20)11-7-12(22-16-11)10-3-2-4-15-8-10/h2-4,7-8H,5-6,9H2,1H3,(H,18,19). The smallest absolute Gasteiger partial charge is 0.323 e. The molecular formula is C14H15N3O5. The van der Waals surface area contributed by atoms with Crippen molar-refractivity contribution in [3.8, 4) is 11.3 Å². The lowest BCUT2D eigenvalue weighted by Gasteiger charge is -2.18. The minimum absolute atomic E-state index is 0.0382. The van der Waals surface area contributed by atoms with Gasteiger partial charge < -0.3 is 19.3 Å². The molecular weight excluding hydrogens is 290 g/mol. The molecule has 0 fully saturated rings. The number of aromatic nitrogens is 2. The molecule has 0 saturated carbocycles. The van der Waals surface area contributed by atoms with Gasteiger partial charge in [0.05, 0.1) is 6.61 Å². The molecule has 0 aliphatic carbocycles. The SMILES string of the molecule is COCCN(CC(=O)O)C(=O)c1cc(-c2cccnc2)on1. The van der Waals surface area contributed by atoms with Crippen molar-refractivity contribution in [2.75, 3.05) is 26.8 Å². The summed E-state index contributed by atoms with van der Waals surface area (Å²) in [7, 11) is 1.47. The Bertz CT molecular complexity index is 641. The predicted octanol–water partition coefficient (Wildman–Crippen LogP) is 0.910. The maximum atomic E-state index is 12.3. The summed E-state index contributed by atoms with van der Waals surface area (Å²) in [6, 6.07) is 4.96. The third-order valence-electron chi connectivity index (χ3n) is 2.85. The number of nitrogens with zero attached hydrogens (tertiary/aromatic N) is 3. The fourth-order valence-corrected chi connectivity index (χ4v) is 1.80. The van der Waals surface area contributed by atoms with Crippen LogP contribution in [0, 0.1) is 0 Å². The number of ether oxygens (including phenoxy) is 1. The van der Waals surface area contributed by atoms with E-state index in [2.05, 4.69) is 10.1 Å². The van der Waals surface area contributed by atoms with Crippen LogP contribution in [0.1, 0.15) is 10.5 Å². The van der Waals surface area contributed by atoms with Gasteiger partial charge in [-0.3, -0.25) is 14.6 Å². The van der Waals surface area contributed by atoms with Crippen molar-refractivity contribution in [1.29, 1.82) is 0 Å². The number of carbonyl (C=O) groups is 2. The number of carboxylic acids is 1. The van der Waals surface area contributed by atoms with Gasteiger partial charge in [0.15, 0.2) is 11.5 Å². The van der Waals surface area contributed by atoms with Gasteiger partial charge >= 0.3 is 5.97 Å². The Kier molecular flexibility index (Phi) is 5.21. The number of hydrogen-bond acceptors (Lipinski definition) is 6. The molecule has 0 aliphatic heterocycles. The van der Waals surface area contributed by atoms with Crippen LogP contribution < -0.4 is 0 Å². The first kappa shape index (κ1) is 15.6. The van der Waals surface area contributed by atoms with E-state index in [4.69, 9.17) is 14.4 Å². The van der Waals surface area contributed by atoms with Gasteiger partial charge in [-0.15, -0.1) is 0 Å². The molecule has 8 nitrogen and oxygen atoms in total. The number of rotatable bonds is 7. The zero-order chi connectivity index (χ0) is 15.9. The molecule has 2 rings (SSSR count). The monoisotopic (exact) mass is 305 g/mol. The predicted molar refractivity (Wildman–Crippen MR) is 75.1 cm³/mol. The number of hydrogen-bond donors (Lipinski definition) is 1. The van der Waals surface area contributed by atoms with Gasteiger partial charge in [0.1, 0.15) is 6.54 Å². The van der Waals surface area contributed by atoms with Crippen LogP contribution in [-0.4, -0.2) is 58.8 Å². The van der Waals surface area contributed by atoms with E-state index in [0.29, 0.717) is 11.3 Å². The van der Waals surface area contributed by atoms with Crippen molar-refractivity contribution in [2.45, 2.75) is 0 Å². The van der Waals surface area contributed by atoms with Crippen LogP contribution in [0.15, 0.2) is 35.1 Å². The highest BCUT2D eigenvalue weighted by molar-refractivity contribution is 5.94. The number of aliphatic carboxylic acids is 1. The molecule has 1 amide bonds. The molecule has 22 heavy (non-hydrogen) atoms. The lowest BCUT2D eigenvalue weighted by atomic mass is 10.2. The summed E-state index contributed by atoms with van der Waals surface area (Å²) >= 11 is 0. The molecule has 116 valence electrons. The van der Waals surface area contributed by atoms with Crippen molar-refractivity contribution >= 4 is 11.9 Å². The molecule has 0 radical (unpaired) electrons. The quantitative estimate of drug-likeness (QED) is 0.810. The highest BCUT2D eigenvalue weighted by Crippen LogP contribution is 2.19. The second kappa shape index (κ2) is 7.32. The summed E-state index contributed by atoms with van der Waals surface area (Å²) in [5, 5.41) is 12.6. The van der Waals surface area contributed by atoms with Crippen LogP contribution in [0.25, 0.3) is 11.3 Å². The first-order valence-electron chi connectivity index (χ1n) is 6.49. The van der Waals surface area contributed by atoms with Gasteiger partial charge in [-0.05, 0) is 12.1 Å². The Morgan fingerprint density at radius 2 is 2.27 bits per heavy atom. The van der Waals surface area contributed by atoms with Gasteiger partial charge in [-0.25, -0.2) is 0 Å². The highest BCUT2D eigenvalue weighted by atomic mass is 16.5. The summed E-state index contributed by atoms with van der Waals surface area (Å²) in [4.78, 5) is 28.2. The Morgan fingerprint density at radius 3 is 2.91 bits per heavy atom. The summed E-state index contributed by atoms with van der Waals surface area (Å²) in [5.74, 6) is -1.25. The Morgan fingerprint density at radius 1 is 1.45 bits per heavy atom. The van der Waals surface area contributed by atoms with Crippen molar-refractivity contribution in [2.24, 2.45) is 0 Å². The van der Waals surface area contributed by atoms with E-state index in [1.807, 2.05) is 0 Å². The highest BCUT2D eigenvalue weighted by Gasteiger charge is 2.22.